The number of likely N-dealkylation sites (tertiary alicyclic amines) is 1. The van der Waals surface area contributed by atoms with Gasteiger partial charge in [0.05, 0.1) is 4.99 Å². The Morgan fingerprint density at radius 3 is 2.78 bits per heavy atom. The number of piperidine rings is 1. The van der Waals surface area contributed by atoms with Gasteiger partial charge in [-0.25, -0.2) is 0 Å². The number of hydrogen-bond donors (Lipinski definition) is 1. The van der Waals surface area contributed by atoms with E-state index < -0.39 is 0 Å². The molecular weight excluding hydrogens is 240 g/mol. The van der Waals surface area contributed by atoms with E-state index in [-0.39, 0.29) is 0 Å². The molecule has 2 nitrogen and oxygen atoms in total. The Morgan fingerprint density at radius 2 is 2.06 bits per heavy atom. The summed E-state index contributed by atoms with van der Waals surface area (Å²) in [7, 11) is 0. The zero-order valence-electron chi connectivity index (χ0n) is 10.8. The summed E-state index contributed by atoms with van der Waals surface area (Å²) in [5.41, 5.74) is 7.02. The first-order valence-electron chi connectivity index (χ1n) is 6.82. The van der Waals surface area contributed by atoms with Crippen molar-refractivity contribution in [3.63, 3.8) is 0 Å². The van der Waals surface area contributed by atoms with E-state index in [2.05, 4.69) is 35.2 Å². The lowest BCUT2D eigenvalue weighted by Gasteiger charge is -2.35. The standard InChI is InChI=1S/C15H22N2S/c16-15(18)10-9-14-8-4-5-11-17(14)12-13-6-2-1-3-7-13/h1-3,6-7,14H,4-5,8-12H2,(H2,16,18). The van der Waals surface area contributed by atoms with Gasteiger partial charge in [0.2, 0.25) is 0 Å². The summed E-state index contributed by atoms with van der Waals surface area (Å²) in [4.78, 5) is 3.25. The SMILES string of the molecule is NC(=S)CCC1CCCCN1Cc1ccccc1. The quantitative estimate of drug-likeness (QED) is 0.827. The molecule has 0 aromatic heterocycles. The van der Waals surface area contributed by atoms with Crippen molar-refractivity contribution in [2.45, 2.75) is 44.7 Å². The Labute approximate surface area is 115 Å². The Bertz CT molecular complexity index is 377. The highest BCUT2D eigenvalue weighted by atomic mass is 32.1. The molecule has 1 aliphatic heterocycles. The largest absolute Gasteiger partial charge is 0.393 e. The molecule has 1 atom stereocenters. The number of hydrogen-bond acceptors (Lipinski definition) is 2. The van der Waals surface area contributed by atoms with Gasteiger partial charge in [0, 0.05) is 12.6 Å². The first-order chi connectivity index (χ1) is 8.75. The minimum Gasteiger partial charge on any atom is -0.393 e. The van der Waals surface area contributed by atoms with Crippen molar-refractivity contribution < 1.29 is 0 Å². The van der Waals surface area contributed by atoms with E-state index in [1.165, 1.54) is 31.4 Å². The molecule has 0 saturated carbocycles. The van der Waals surface area contributed by atoms with Gasteiger partial charge in [0.1, 0.15) is 0 Å². The van der Waals surface area contributed by atoms with E-state index in [1.807, 2.05) is 0 Å². The van der Waals surface area contributed by atoms with Crippen LogP contribution in [0.1, 0.15) is 37.7 Å². The Hall–Kier alpha value is -0.930. The van der Waals surface area contributed by atoms with Gasteiger partial charge < -0.3 is 5.73 Å². The molecule has 1 saturated heterocycles. The molecule has 0 spiro atoms. The van der Waals surface area contributed by atoms with Gasteiger partial charge in [-0.2, -0.15) is 0 Å². The predicted molar refractivity (Wildman–Crippen MR) is 80.5 cm³/mol. The van der Waals surface area contributed by atoms with Gasteiger partial charge in [-0.3, -0.25) is 4.90 Å². The fraction of sp³-hybridized carbons (Fsp3) is 0.533. The van der Waals surface area contributed by atoms with Gasteiger partial charge in [0.25, 0.3) is 0 Å². The summed E-state index contributed by atoms with van der Waals surface area (Å²) in [6.45, 7) is 2.26. The topological polar surface area (TPSA) is 29.3 Å². The molecule has 1 heterocycles. The molecule has 0 bridgehead atoms. The van der Waals surface area contributed by atoms with Crippen LogP contribution in [0, 0.1) is 0 Å². The zero-order chi connectivity index (χ0) is 12.8. The fourth-order valence-electron chi connectivity index (χ4n) is 2.72. The van der Waals surface area contributed by atoms with Crippen molar-refractivity contribution in [2.75, 3.05) is 6.54 Å². The summed E-state index contributed by atoms with van der Waals surface area (Å²) >= 11 is 4.99. The molecule has 0 radical (unpaired) electrons. The molecule has 1 aromatic rings. The molecule has 1 aliphatic rings. The highest BCUT2D eigenvalue weighted by Gasteiger charge is 2.22. The van der Waals surface area contributed by atoms with E-state index in [1.54, 1.807) is 0 Å². The second-order valence-corrected chi connectivity index (χ2v) is 5.64. The van der Waals surface area contributed by atoms with Gasteiger partial charge in [-0.1, -0.05) is 49.0 Å². The Balaban J connectivity index is 1.93. The summed E-state index contributed by atoms with van der Waals surface area (Å²) < 4.78 is 0. The van der Waals surface area contributed by atoms with Crippen LogP contribution in [0.15, 0.2) is 30.3 Å². The van der Waals surface area contributed by atoms with Crippen LogP contribution in [-0.4, -0.2) is 22.5 Å². The Kier molecular flexibility index (Phi) is 5.14. The first kappa shape index (κ1) is 13.5. The third-order valence-electron chi connectivity index (χ3n) is 3.70. The van der Waals surface area contributed by atoms with Crippen LogP contribution in [-0.2, 0) is 6.54 Å². The number of thiocarbonyl (C=S) groups is 1. The second-order valence-electron chi connectivity index (χ2n) is 5.11. The van der Waals surface area contributed by atoms with Crippen LogP contribution in [0.25, 0.3) is 0 Å². The predicted octanol–water partition coefficient (Wildman–Crippen LogP) is 3.11. The average molecular weight is 262 g/mol. The molecule has 2 rings (SSSR count). The maximum Gasteiger partial charge on any atom is 0.0727 e. The molecule has 18 heavy (non-hydrogen) atoms. The second kappa shape index (κ2) is 6.86. The minimum absolute atomic E-state index is 0.653. The zero-order valence-corrected chi connectivity index (χ0v) is 11.7. The normalized spacial score (nSPS) is 20.8. The number of nitrogens with zero attached hydrogens (tertiary/aromatic N) is 1. The molecule has 1 unspecified atom stereocenters. The molecule has 1 fully saturated rings. The fourth-order valence-corrected chi connectivity index (χ4v) is 2.84. The van der Waals surface area contributed by atoms with Crippen LogP contribution in [0.5, 0.6) is 0 Å². The Morgan fingerprint density at radius 1 is 1.28 bits per heavy atom. The van der Waals surface area contributed by atoms with E-state index in [0.29, 0.717) is 11.0 Å². The van der Waals surface area contributed by atoms with Crippen molar-refractivity contribution in [3.8, 4) is 0 Å². The number of rotatable bonds is 5. The smallest absolute Gasteiger partial charge is 0.0727 e. The van der Waals surface area contributed by atoms with E-state index in [4.69, 9.17) is 18.0 Å². The van der Waals surface area contributed by atoms with Crippen LogP contribution < -0.4 is 5.73 Å². The van der Waals surface area contributed by atoms with Crippen LogP contribution in [0.2, 0.25) is 0 Å². The summed E-state index contributed by atoms with van der Waals surface area (Å²) in [6, 6.07) is 11.4. The molecule has 1 aromatic carbocycles. The highest BCUT2D eigenvalue weighted by Crippen LogP contribution is 2.22. The van der Waals surface area contributed by atoms with Crippen LogP contribution in [0.3, 0.4) is 0 Å². The van der Waals surface area contributed by atoms with Gasteiger partial charge in [0.15, 0.2) is 0 Å². The third-order valence-corrected chi connectivity index (χ3v) is 3.91. The van der Waals surface area contributed by atoms with Gasteiger partial charge in [-0.05, 0) is 37.8 Å². The highest BCUT2D eigenvalue weighted by molar-refractivity contribution is 7.80. The first-order valence-corrected chi connectivity index (χ1v) is 7.23. The molecule has 98 valence electrons. The lowest BCUT2D eigenvalue weighted by atomic mass is 9.97. The summed E-state index contributed by atoms with van der Waals surface area (Å²) in [5.74, 6) is 0. The number of nitrogens with two attached hydrogens (primary N) is 1. The molecular formula is C15H22N2S. The molecule has 2 N–H and O–H groups in total. The van der Waals surface area contributed by atoms with E-state index >= 15 is 0 Å². The van der Waals surface area contributed by atoms with Crippen molar-refractivity contribution in [1.82, 2.24) is 4.90 Å². The maximum atomic E-state index is 5.62. The van der Waals surface area contributed by atoms with Crippen molar-refractivity contribution in [3.05, 3.63) is 35.9 Å². The summed E-state index contributed by atoms with van der Waals surface area (Å²) in [5, 5.41) is 0. The van der Waals surface area contributed by atoms with E-state index in [9.17, 15) is 0 Å². The molecule has 0 aliphatic carbocycles. The van der Waals surface area contributed by atoms with Crippen molar-refractivity contribution in [2.24, 2.45) is 5.73 Å². The summed E-state index contributed by atoms with van der Waals surface area (Å²) in [6.07, 6.45) is 5.94. The average Bonchev–Trinajstić information content (AvgIpc) is 2.39. The van der Waals surface area contributed by atoms with E-state index in [0.717, 1.165) is 19.4 Å². The number of benzene rings is 1. The van der Waals surface area contributed by atoms with Crippen LogP contribution in [0.4, 0.5) is 0 Å². The third kappa shape index (κ3) is 4.07. The monoisotopic (exact) mass is 262 g/mol. The lowest BCUT2D eigenvalue weighted by molar-refractivity contribution is 0.134. The van der Waals surface area contributed by atoms with Gasteiger partial charge >= 0.3 is 0 Å². The lowest BCUT2D eigenvalue weighted by Crippen LogP contribution is -2.39. The maximum absolute atomic E-state index is 5.62. The minimum atomic E-state index is 0.653. The molecule has 3 heteroatoms. The van der Waals surface area contributed by atoms with Crippen molar-refractivity contribution >= 4 is 17.2 Å². The molecule has 0 amide bonds. The van der Waals surface area contributed by atoms with Crippen molar-refractivity contribution in [1.29, 1.82) is 0 Å². The van der Waals surface area contributed by atoms with Gasteiger partial charge in [-0.15, -0.1) is 0 Å². The van der Waals surface area contributed by atoms with Crippen LogP contribution >= 0.6 is 12.2 Å².